The molecule has 0 unspecified atom stereocenters. The molecule has 0 amide bonds. The van der Waals surface area contributed by atoms with Crippen molar-refractivity contribution in [2.75, 3.05) is 0 Å². The van der Waals surface area contributed by atoms with Crippen LogP contribution in [0.5, 0.6) is 0 Å². The van der Waals surface area contributed by atoms with Gasteiger partial charge in [0.25, 0.3) is 0 Å². The molecule has 0 radical (unpaired) electrons. The van der Waals surface area contributed by atoms with E-state index in [2.05, 4.69) is 39.0 Å². The molecule has 1 heteroatoms. The summed E-state index contributed by atoms with van der Waals surface area (Å²) in [5.74, 6) is 0. The molecule has 0 heterocycles. The van der Waals surface area contributed by atoms with Gasteiger partial charge >= 0.3 is 0 Å². The normalized spacial score (nSPS) is 13.3. The molecule has 0 bridgehead atoms. The predicted molar refractivity (Wildman–Crippen MR) is 53.3 cm³/mol. The van der Waals surface area contributed by atoms with Crippen LogP contribution >= 0.6 is 0 Å². The third-order valence-corrected chi connectivity index (χ3v) is 2.66. The molecular formula is C12H14Ti. The average Bonchev–Trinajstić information content (AvgIpc) is 2.41. The maximum atomic E-state index is 2.32. The van der Waals surface area contributed by atoms with Crippen LogP contribution < -0.4 is 0 Å². The van der Waals surface area contributed by atoms with Crippen molar-refractivity contribution in [2.45, 2.75) is 27.2 Å². The van der Waals surface area contributed by atoms with Crippen LogP contribution in [0, 0.1) is 13.8 Å². The minimum absolute atomic E-state index is 0. The molecular weight excluding hydrogens is 192 g/mol. The van der Waals surface area contributed by atoms with Gasteiger partial charge in [-0.25, -0.2) is 0 Å². The Kier molecular flexibility index (Phi) is 3.16. The van der Waals surface area contributed by atoms with E-state index in [1.807, 2.05) is 0 Å². The van der Waals surface area contributed by atoms with Crippen LogP contribution in [0.25, 0.3) is 6.08 Å². The molecule has 66 valence electrons. The second kappa shape index (κ2) is 3.81. The maximum absolute atomic E-state index is 2.32. The van der Waals surface area contributed by atoms with Gasteiger partial charge in [-0.2, -0.15) is 0 Å². The van der Waals surface area contributed by atoms with Gasteiger partial charge in [0.15, 0.2) is 0 Å². The van der Waals surface area contributed by atoms with Crippen molar-refractivity contribution in [3.63, 3.8) is 0 Å². The van der Waals surface area contributed by atoms with E-state index in [4.69, 9.17) is 0 Å². The summed E-state index contributed by atoms with van der Waals surface area (Å²) in [5.41, 5.74) is 7.33. The Morgan fingerprint density at radius 1 is 1.00 bits per heavy atom. The number of aryl methyl sites for hydroxylation is 2. The number of hydrogen-bond acceptors (Lipinski definition) is 0. The van der Waals surface area contributed by atoms with Gasteiger partial charge in [0.05, 0.1) is 0 Å². The van der Waals surface area contributed by atoms with E-state index in [1.165, 1.54) is 27.8 Å². The van der Waals surface area contributed by atoms with E-state index in [0.717, 1.165) is 6.42 Å². The molecule has 0 aromatic heterocycles. The zero-order valence-electron chi connectivity index (χ0n) is 8.44. The Bertz CT molecular complexity index is 362. The zero-order chi connectivity index (χ0) is 8.72. The first kappa shape index (κ1) is 10.8. The molecule has 0 nitrogen and oxygen atoms in total. The molecule has 0 saturated heterocycles. The second-order valence-electron chi connectivity index (χ2n) is 3.76. The molecule has 13 heavy (non-hydrogen) atoms. The fraction of sp³-hybridized carbons (Fsp3) is 0.333. The minimum Gasteiger partial charge on any atom is -0.0683 e. The Hall–Kier alpha value is -0.326. The fourth-order valence-electron chi connectivity index (χ4n) is 1.90. The molecule has 2 rings (SSSR count). The third kappa shape index (κ3) is 1.79. The summed E-state index contributed by atoms with van der Waals surface area (Å²) in [4.78, 5) is 0. The molecule has 1 aromatic carbocycles. The molecule has 1 aliphatic carbocycles. The van der Waals surface area contributed by atoms with Gasteiger partial charge in [-0.3, -0.25) is 0 Å². The molecule has 0 N–H and O–H groups in total. The van der Waals surface area contributed by atoms with Crippen LogP contribution in [0.1, 0.15) is 29.2 Å². The Labute approximate surface area is 94.9 Å². The maximum Gasteiger partial charge on any atom is 0 e. The second-order valence-corrected chi connectivity index (χ2v) is 3.76. The summed E-state index contributed by atoms with van der Waals surface area (Å²) in [6.07, 6.45) is 3.47. The summed E-state index contributed by atoms with van der Waals surface area (Å²) in [7, 11) is 0. The van der Waals surface area contributed by atoms with Gasteiger partial charge in [0.1, 0.15) is 0 Å². The fourth-order valence-corrected chi connectivity index (χ4v) is 1.90. The van der Waals surface area contributed by atoms with Crippen LogP contribution in [0.15, 0.2) is 17.7 Å². The van der Waals surface area contributed by atoms with Crippen LogP contribution in [0.3, 0.4) is 0 Å². The first-order valence-corrected chi connectivity index (χ1v) is 4.45. The van der Waals surface area contributed by atoms with Crippen molar-refractivity contribution in [3.05, 3.63) is 40.0 Å². The first-order chi connectivity index (χ1) is 5.68. The molecule has 0 aliphatic heterocycles. The average molecular weight is 206 g/mol. The SMILES string of the molecule is CC1=Cc2c(C)ccc(C)c2C1.[Ti]. The van der Waals surface area contributed by atoms with Crippen molar-refractivity contribution in [1.29, 1.82) is 0 Å². The van der Waals surface area contributed by atoms with Gasteiger partial charge in [-0.05, 0) is 49.4 Å². The molecule has 0 atom stereocenters. The van der Waals surface area contributed by atoms with Crippen molar-refractivity contribution in [2.24, 2.45) is 0 Å². The van der Waals surface area contributed by atoms with E-state index in [0.29, 0.717) is 0 Å². The largest absolute Gasteiger partial charge is 0.0683 e. The third-order valence-electron chi connectivity index (χ3n) is 2.66. The number of allylic oxidation sites excluding steroid dienone is 1. The molecule has 1 aromatic rings. The van der Waals surface area contributed by atoms with E-state index in [-0.39, 0.29) is 21.7 Å². The number of fused-ring (bicyclic) bond motifs is 1. The number of hydrogen-bond donors (Lipinski definition) is 0. The summed E-state index contributed by atoms with van der Waals surface area (Å²) < 4.78 is 0. The van der Waals surface area contributed by atoms with Crippen molar-refractivity contribution in [1.82, 2.24) is 0 Å². The summed E-state index contributed by atoms with van der Waals surface area (Å²) in [6, 6.07) is 4.43. The van der Waals surface area contributed by atoms with E-state index >= 15 is 0 Å². The van der Waals surface area contributed by atoms with Gasteiger partial charge in [0.2, 0.25) is 0 Å². The monoisotopic (exact) mass is 206 g/mol. The van der Waals surface area contributed by atoms with Crippen LogP contribution in [-0.4, -0.2) is 0 Å². The topological polar surface area (TPSA) is 0 Å². The van der Waals surface area contributed by atoms with E-state index in [1.54, 1.807) is 0 Å². The smallest absolute Gasteiger partial charge is 0 e. The van der Waals surface area contributed by atoms with Gasteiger partial charge < -0.3 is 0 Å². The summed E-state index contributed by atoms with van der Waals surface area (Å²) >= 11 is 0. The van der Waals surface area contributed by atoms with Crippen LogP contribution in [0.2, 0.25) is 0 Å². The molecule has 0 saturated carbocycles. The molecule has 0 fully saturated rings. The molecule has 1 aliphatic rings. The standard InChI is InChI=1S/C12H14.Ti/c1-8-6-11-9(2)4-5-10(3)12(11)7-8;/h4-6H,7H2,1-3H3;. The Morgan fingerprint density at radius 3 is 2.23 bits per heavy atom. The van der Waals surface area contributed by atoms with E-state index < -0.39 is 0 Å². The zero-order valence-corrected chi connectivity index (χ0v) is 10.0. The van der Waals surface area contributed by atoms with Crippen molar-refractivity contribution in [3.8, 4) is 0 Å². The first-order valence-electron chi connectivity index (χ1n) is 4.45. The van der Waals surface area contributed by atoms with Crippen LogP contribution in [-0.2, 0) is 28.1 Å². The summed E-state index contributed by atoms with van der Waals surface area (Å²) in [5, 5.41) is 0. The Balaban J connectivity index is 0.000000845. The number of rotatable bonds is 0. The van der Waals surface area contributed by atoms with Gasteiger partial charge in [0, 0.05) is 21.7 Å². The number of benzene rings is 1. The Morgan fingerprint density at radius 2 is 1.62 bits per heavy atom. The quantitative estimate of drug-likeness (QED) is 0.571. The summed E-state index contributed by atoms with van der Waals surface area (Å²) in [6.45, 7) is 6.59. The van der Waals surface area contributed by atoms with Crippen molar-refractivity contribution >= 4 is 6.08 Å². The predicted octanol–water partition coefficient (Wildman–Crippen LogP) is 3.26. The minimum atomic E-state index is 0. The van der Waals surface area contributed by atoms with Crippen LogP contribution in [0.4, 0.5) is 0 Å². The van der Waals surface area contributed by atoms with Crippen molar-refractivity contribution < 1.29 is 21.7 Å². The van der Waals surface area contributed by atoms with Gasteiger partial charge in [-0.15, -0.1) is 0 Å². The van der Waals surface area contributed by atoms with Gasteiger partial charge in [-0.1, -0.05) is 23.8 Å². The molecule has 0 spiro atoms. The van der Waals surface area contributed by atoms with E-state index in [9.17, 15) is 0 Å².